The molecule has 23 heavy (non-hydrogen) atoms. The van der Waals surface area contributed by atoms with Gasteiger partial charge in [0.05, 0.1) is 6.04 Å². The lowest BCUT2D eigenvalue weighted by atomic mass is 9.99. The number of likely N-dealkylation sites (N-methyl/N-ethyl adjacent to an activating group) is 1. The Morgan fingerprint density at radius 3 is 2.57 bits per heavy atom. The van der Waals surface area contributed by atoms with Crippen LogP contribution < -0.4 is 10.6 Å². The lowest BCUT2D eigenvalue weighted by molar-refractivity contribution is -0.132. The van der Waals surface area contributed by atoms with E-state index in [9.17, 15) is 9.59 Å². The second-order valence-electron chi connectivity index (χ2n) is 6.37. The Balaban J connectivity index is 1.83. The van der Waals surface area contributed by atoms with Gasteiger partial charge in [0, 0.05) is 33.1 Å². The van der Waals surface area contributed by atoms with Crippen LogP contribution in [0.1, 0.15) is 31.4 Å². The fraction of sp³-hybridized carbons (Fsp3) is 0.556. The van der Waals surface area contributed by atoms with Crippen LogP contribution in [0.2, 0.25) is 0 Å². The van der Waals surface area contributed by atoms with Crippen LogP contribution in [-0.4, -0.2) is 42.9 Å². The minimum absolute atomic E-state index is 0.0284. The molecule has 2 amide bonds. The summed E-state index contributed by atoms with van der Waals surface area (Å²) < 4.78 is 0. The molecule has 1 aliphatic rings. The van der Waals surface area contributed by atoms with Crippen LogP contribution in [0.3, 0.4) is 0 Å². The maximum Gasteiger partial charge on any atom is 0.237 e. The summed E-state index contributed by atoms with van der Waals surface area (Å²) in [7, 11) is 1.63. The van der Waals surface area contributed by atoms with Crippen molar-refractivity contribution < 1.29 is 9.59 Å². The Kier molecular flexibility index (Phi) is 6.16. The summed E-state index contributed by atoms with van der Waals surface area (Å²) in [6.45, 7) is 5.98. The third-order valence-corrected chi connectivity index (χ3v) is 4.38. The quantitative estimate of drug-likeness (QED) is 0.832. The molecule has 0 aliphatic carbocycles. The van der Waals surface area contributed by atoms with Gasteiger partial charge in [-0.15, -0.1) is 0 Å². The third-order valence-electron chi connectivity index (χ3n) is 4.38. The van der Waals surface area contributed by atoms with E-state index < -0.39 is 0 Å². The van der Waals surface area contributed by atoms with E-state index in [1.54, 1.807) is 7.05 Å². The fourth-order valence-corrected chi connectivity index (χ4v) is 2.99. The van der Waals surface area contributed by atoms with Crippen molar-refractivity contribution in [2.45, 2.75) is 39.3 Å². The molecule has 0 unspecified atom stereocenters. The van der Waals surface area contributed by atoms with Gasteiger partial charge in [-0.2, -0.15) is 0 Å². The first-order valence-electron chi connectivity index (χ1n) is 8.32. The Morgan fingerprint density at radius 2 is 1.91 bits per heavy atom. The largest absolute Gasteiger partial charge is 0.358 e. The van der Waals surface area contributed by atoms with Crippen molar-refractivity contribution in [1.29, 1.82) is 0 Å². The molecular formula is C18H27N3O2. The SMILES string of the molecule is CNC(=O)[C@H](NCCC(=O)N1CCc2ccccc2C1)C(C)C. The average Bonchev–Trinajstić information content (AvgIpc) is 2.57. The minimum atomic E-state index is -0.255. The van der Waals surface area contributed by atoms with Gasteiger partial charge in [-0.05, 0) is 23.5 Å². The van der Waals surface area contributed by atoms with Gasteiger partial charge in [-0.3, -0.25) is 9.59 Å². The Labute approximate surface area is 138 Å². The van der Waals surface area contributed by atoms with Crippen molar-refractivity contribution in [2.75, 3.05) is 20.1 Å². The first kappa shape index (κ1) is 17.5. The summed E-state index contributed by atoms with van der Waals surface area (Å²) in [4.78, 5) is 26.1. The molecule has 0 saturated heterocycles. The highest BCUT2D eigenvalue weighted by atomic mass is 16.2. The van der Waals surface area contributed by atoms with Crippen LogP contribution in [0.15, 0.2) is 24.3 Å². The monoisotopic (exact) mass is 317 g/mol. The number of fused-ring (bicyclic) bond motifs is 1. The first-order chi connectivity index (χ1) is 11.0. The van der Waals surface area contributed by atoms with Gasteiger partial charge < -0.3 is 15.5 Å². The third kappa shape index (κ3) is 4.55. The molecule has 1 heterocycles. The summed E-state index contributed by atoms with van der Waals surface area (Å²) in [5.74, 6) is 0.303. The first-order valence-corrected chi connectivity index (χ1v) is 8.32. The van der Waals surface area contributed by atoms with Crippen molar-refractivity contribution in [2.24, 2.45) is 5.92 Å². The number of carbonyl (C=O) groups excluding carboxylic acids is 2. The second-order valence-corrected chi connectivity index (χ2v) is 6.37. The highest BCUT2D eigenvalue weighted by Crippen LogP contribution is 2.18. The zero-order valence-electron chi connectivity index (χ0n) is 14.3. The Hall–Kier alpha value is -1.88. The number of nitrogens with zero attached hydrogens (tertiary/aromatic N) is 1. The number of nitrogens with one attached hydrogen (secondary N) is 2. The molecule has 0 spiro atoms. The molecule has 2 N–H and O–H groups in total. The molecule has 5 nitrogen and oxygen atoms in total. The van der Waals surface area contributed by atoms with Crippen molar-refractivity contribution in [1.82, 2.24) is 15.5 Å². The summed E-state index contributed by atoms with van der Waals surface area (Å²) in [5.41, 5.74) is 2.58. The molecule has 0 fully saturated rings. The van der Waals surface area contributed by atoms with Crippen LogP contribution >= 0.6 is 0 Å². The minimum Gasteiger partial charge on any atom is -0.358 e. The van der Waals surface area contributed by atoms with Gasteiger partial charge in [0.25, 0.3) is 0 Å². The number of carbonyl (C=O) groups is 2. The Bertz CT molecular complexity index is 557. The normalized spacial score (nSPS) is 15.2. The molecule has 5 heteroatoms. The number of amides is 2. The number of benzene rings is 1. The van der Waals surface area contributed by atoms with E-state index in [1.165, 1.54) is 11.1 Å². The predicted molar refractivity (Wildman–Crippen MR) is 90.9 cm³/mol. The molecule has 0 bridgehead atoms. The summed E-state index contributed by atoms with van der Waals surface area (Å²) in [5, 5.41) is 5.86. The second kappa shape index (κ2) is 8.11. The zero-order chi connectivity index (χ0) is 16.8. The number of hydrogen-bond donors (Lipinski definition) is 2. The fourth-order valence-electron chi connectivity index (χ4n) is 2.99. The van der Waals surface area contributed by atoms with Crippen molar-refractivity contribution >= 4 is 11.8 Å². The zero-order valence-corrected chi connectivity index (χ0v) is 14.3. The summed E-state index contributed by atoms with van der Waals surface area (Å²) >= 11 is 0. The predicted octanol–water partition coefficient (Wildman–Crippen LogP) is 1.32. The molecular weight excluding hydrogens is 290 g/mol. The van der Waals surface area contributed by atoms with Crippen LogP contribution in [0, 0.1) is 5.92 Å². The molecule has 1 aliphatic heterocycles. The van der Waals surface area contributed by atoms with Gasteiger partial charge in [0.2, 0.25) is 11.8 Å². The molecule has 1 aromatic rings. The van der Waals surface area contributed by atoms with E-state index in [4.69, 9.17) is 0 Å². The summed E-state index contributed by atoms with van der Waals surface area (Å²) in [6, 6.07) is 8.04. The Morgan fingerprint density at radius 1 is 1.22 bits per heavy atom. The molecule has 0 saturated carbocycles. The van der Waals surface area contributed by atoms with E-state index >= 15 is 0 Å². The summed E-state index contributed by atoms with van der Waals surface area (Å²) in [6.07, 6.45) is 1.34. The molecule has 126 valence electrons. The highest BCUT2D eigenvalue weighted by molar-refractivity contribution is 5.82. The van der Waals surface area contributed by atoms with E-state index in [0.29, 0.717) is 19.5 Å². The standard InChI is InChI=1S/C18H27N3O2/c1-13(2)17(18(23)19-3)20-10-8-16(22)21-11-9-14-6-4-5-7-15(14)12-21/h4-7,13,17,20H,8-12H2,1-3H3,(H,19,23)/t17-/m1/s1. The van der Waals surface area contributed by atoms with Crippen molar-refractivity contribution in [3.8, 4) is 0 Å². The van der Waals surface area contributed by atoms with Gasteiger partial charge in [0.1, 0.15) is 0 Å². The lowest BCUT2D eigenvalue weighted by Gasteiger charge is -2.29. The van der Waals surface area contributed by atoms with Crippen LogP contribution in [-0.2, 0) is 22.6 Å². The van der Waals surface area contributed by atoms with Gasteiger partial charge in [-0.1, -0.05) is 38.1 Å². The number of rotatable bonds is 6. The van der Waals surface area contributed by atoms with E-state index in [-0.39, 0.29) is 23.8 Å². The lowest BCUT2D eigenvalue weighted by Crippen LogP contribution is -2.47. The maximum atomic E-state index is 12.4. The molecule has 2 rings (SSSR count). The van der Waals surface area contributed by atoms with Crippen LogP contribution in [0.4, 0.5) is 0 Å². The molecule has 0 radical (unpaired) electrons. The highest BCUT2D eigenvalue weighted by Gasteiger charge is 2.22. The number of hydrogen-bond acceptors (Lipinski definition) is 3. The van der Waals surface area contributed by atoms with Crippen LogP contribution in [0.25, 0.3) is 0 Å². The van der Waals surface area contributed by atoms with Crippen LogP contribution in [0.5, 0.6) is 0 Å². The van der Waals surface area contributed by atoms with E-state index in [1.807, 2.05) is 30.9 Å². The average molecular weight is 317 g/mol. The van der Waals surface area contributed by atoms with E-state index in [0.717, 1.165) is 13.0 Å². The molecule has 1 aromatic carbocycles. The maximum absolute atomic E-state index is 12.4. The smallest absolute Gasteiger partial charge is 0.237 e. The van der Waals surface area contributed by atoms with Gasteiger partial charge in [0.15, 0.2) is 0 Å². The van der Waals surface area contributed by atoms with Crippen molar-refractivity contribution in [3.05, 3.63) is 35.4 Å². The van der Waals surface area contributed by atoms with Crippen molar-refractivity contribution in [3.63, 3.8) is 0 Å². The van der Waals surface area contributed by atoms with Gasteiger partial charge >= 0.3 is 0 Å². The topological polar surface area (TPSA) is 61.4 Å². The molecule has 1 atom stereocenters. The van der Waals surface area contributed by atoms with E-state index in [2.05, 4.69) is 22.8 Å². The molecule has 0 aromatic heterocycles. The van der Waals surface area contributed by atoms with Gasteiger partial charge in [-0.25, -0.2) is 0 Å².